The van der Waals surface area contributed by atoms with Crippen LogP contribution in [0.5, 0.6) is 0 Å². The first-order valence-corrected chi connectivity index (χ1v) is 9.55. The van der Waals surface area contributed by atoms with Crippen LogP contribution in [0.3, 0.4) is 0 Å². The Morgan fingerprint density at radius 1 is 1.04 bits per heavy atom. The summed E-state index contributed by atoms with van der Waals surface area (Å²) in [6.45, 7) is 0.735. The highest BCUT2D eigenvalue weighted by Crippen LogP contribution is 2.34. The predicted octanol–water partition coefficient (Wildman–Crippen LogP) is 3.26. The summed E-state index contributed by atoms with van der Waals surface area (Å²) in [7, 11) is 0. The Bertz CT molecular complexity index is 733. The third kappa shape index (κ3) is 4.86. The molecule has 0 atom stereocenters. The summed E-state index contributed by atoms with van der Waals surface area (Å²) in [4.78, 5) is 27.0. The van der Waals surface area contributed by atoms with Gasteiger partial charge in [-0.15, -0.1) is 11.8 Å². The molecule has 0 saturated heterocycles. The van der Waals surface area contributed by atoms with E-state index in [2.05, 4.69) is 17.4 Å². The maximum atomic E-state index is 12.2. The molecule has 0 fully saturated rings. The van der Waals surface area contributed by atoms with Gasteiger partial charge in [-0.2, -0.15) is 0 Å². The van der Waals surface area contributed by atoms with Gasteiger partial charge >= 0.3 is 0 Å². The number of nitrogens with zero attached hydrogens (tertiary/aromatic N) is 1. The molecule has 5 heteroatoms. The van der Waals surface area contributed by atoms with Crippen molar-refractivity contribution in [2.24, 2.45) is 0 Å². The molecule has 0 aromatic heterocycles. The molecule has 0 bridgehead atoms. The van der Waals surface area contributed by atoms with E-state index in [1.807, 2.05) is 42.5 Å². The Hall–Kier alpha value is -2.27. The number of carbonyl (C=O) groups is 2. The molecule has 0 unspecified atom stereocenters. The van der Waals surface area contributed by atoms with Crippen molar-refractivity contribution in [2.45, 2.75) is 24.2 Å². The number of amides is 2. The van der Waals surface area contributed by atoms with Crippen LogP contribution in [-0.2, 0) is 16.0 Å². The number of rotatable bonds is 7. The molecule has 1 N–H and O–H groups in total. The molecule has 130 valence electrons. The Labute approximate surface area is 152 Å². The fraction of sp³-hybridized carbons (Fsp3) is 0.300. The molecule has 3 rings (SSSR count). The number of nitrogens with one attached hydrogen (secondary N) is 1. The number of thioether (sulfide) groups is 1. The molecular formula is C20H22N2O2S. The first kappa shape index (κ1) is 17.5. The Morgan fingerprint density at radius 2 is 1.80 bits per heavy atom. The van der Waals surface area contributed by atoms with Crippen LogP contribution in [0.2, 0.25) is 0 Å². The zero-order valence-corrected chi connectivity index (χ0v) is 14.9. The van der Waals surface area contributed by atoms with Crippen molar-refractivity contribution >= 4 is 29.3 Å². The summed E-state index contributed by atoms with van der Waals surface area (Å²) >= 11 is 1.53. The molecule has 1 aliphatic rings. The second-order valence-corrected chi connectivity index (χ2v) is 7.05. The zero-order valence-electron chi connectivity index (χ0n) is 14.1. The van der Waals surface area contributed by atoms with Crippen LogP contribution in [0, 0.1) is 0 Å². The molecule has 0 radical (unpaired) electrons. The SMILES string of the molecule is O=C(CN1C(=O)CSc2ccccc21)NCCCCc1ccccc1. The van der Waals surface area contributed by atoms with Gasteiger partial charge < -0.3 is 10.2 Å². The summed E-state index contributed by atoms with van der Waals surface area (Å²) in [6, 6.07) is 18.1. The average Bonchev–Trinajstić information content (AvgIpc) is 2.65. The molecule has 0 aliphatic carbocycles. The van der Waals surface area contributed by atoms with Gasteiger partial charge in [-0.05, 0) is 37.0 Å². The van der Waals surface area contributed by atoms with Crippen LogP contribution in [0.1, 0.15) is 18.4 Å². The van der Waals surface area contributed by atoms with E-state index in [0.717, 1.165) is 29.8 Å². The van der Waals surface area contributed by atoms with Crippen LogP contribution >= 0.6 is 11.8 Å². The number of benzene rings is 2. The topological polar surface area (TPSA) is 49.4 Å². The second kappa shape index (κ2) is 8.72. The largest absolute Gasteiger partial charge is 0.355 e. The Balaban J connectivity index is 1.43. The smallest absolute Gasteiger partial charge is 0.240 e. The van der Waals surface area contributed by atoms with E-state index in [1.165, 1.54) is 17.3 Å². The van der Waals surface area contributed by atoms with Crippen molar-refractivity contribution < 1.29 is 9.59 Å². The molecule has 4 nitrogen and oxygen atoms in total. The molecule has 0 saturated carbocycles. The summed E-state index contributed by atoms with van der Waals surface area (Å²) in [5, 5.41) is 2.93. The number of anilines is 1. The van der Waals surface area contributed by atoms with Gasteiger partial charge in [-0.25, -0.2) is 0 Å². The number of hydrogen-bond acceptors (Lipinski definition) is 3. The Morgan fingerprint density at radius 3 is 2.64 bits per heavy atom. The van der Waals surface area contributed by atoms with Crippen molar-refractivity contribution in [1.29, 1.82) is 0 Å². The Kier molecular flexibility index (Phi) is 6.12. The molecule has 1 aliphatic heterocycles. The zero-order chi connectivity index (χ0) is 17.5. The van der Waals surface area contributed by atoms with Crippen molar-refractivity contribution in [3.05, 3.63) is 60.2 Å². The minimum absolute atomic E-state index is 0.0112. The fourth-order valence-corrected chi connectivity index (χ4v) is 3.79. The highest BCUT2D eigenvalue weighted by molar-refractivity contribution is 8.00. The second-order valence-electron chi connectivity index (χ2n) is 6.03. The number of unbranched alkanes of at least 4 members (excludes halogenated alkanes) is 1. The van der Waals surface area contributed by atoms with E-state index in [9.17, 15) is 9.59 Å². The number of hydrogen-bond donors (Lipinski definition) is 1. The van der Waals surface area contributed by atoms with E-state index in [-0.39, 0.29) is 18.4 Å². The van der Waals surface area contributed by atoms with Gasteiger partial charge in [0.15, 0.2) is 0 Å². The van der Waals surface area contributed by atoms with Crippen LogP contribution in [-0.4, -0.2) is 30.7 Å². The molecule has 0 spiro atoms. The molecule has 2 aromatic carbocycles. The number of fused-ring (bicyclic) bond motifs is 1. The molecular weight excluding hydrogens is 332 g/mol. The summed E-state index contributed by atoms with van der Waals surface area (Å²) < 4.78 is 0. The number of para-hydroxylation sites is 1. The quantitative estimate of drug-likeness (QED) is 0.777. The van der Waals surface area contributed by atoms with E-state index in [4.69, 9.17) is 0 Å². The van der Waals surface area contributed by atoms with Crippen molar-refractivity contribution in [3.63, 3.8) is 0 Å². The van der Waals surface area contributed by atoms with Gasteiger partial charge in [-0.3, -0.25) is 9.59 Å². The maximum absolute atomic E-state index is 12.2. The number of carbonyl (C=O) groups excluding carboxylic acids is 2. The third-order valence-electron chi connectivity index (χ3n) is 4.17. The lowest BCUT2D eigenvalue weighted by atomic mass is 10.1. The van der Waals surface area contributed by atoms with Crippen LogP contribution in [0.25, 0.3) is 0 Å². The molecule has 2 aromatic rings. The van der Waals surface area contributed by atoms with Crippen molar-refractivity contribution in [2.75, 3.05) is 23.7 Å². The lowest BCUT2D eigenvalue weighted by molar-refractivity contribution is -0.123. The highest BCUT2D eigenvalue weighted by Gasteiger charge is 2.25. The average molecular weight is 354 g/mol. The fourth-order valence-electron chi connectivity index (χ4n) is 2.85. The van der Waals surface area contributed by atoms with E-state index in [1.54, 1.807) is 4.90 Å². The lowest BCUT2D eigenvalue weighted by Gasteiger charge is -2.28. The van der Waals surface area contributed by atoms with E-state index >= 15 is 0 Å². The monoisotopic (exact) mass is 354 g/mol. The highest BCUT2D eigenvalue weighted by atomic mass is 32.2. The number of aryl methyl sites for hydroxylation is 1. The minimum Gasteiger partial charge on any atom is -0.355 e. The van der Waals surface area contributed by atoms with Gasteiger partial charge in [0.05, 0.1) is 11.4 Å². The van der Waals surface area contributed by atoms with Crippen LogP contribution in [0.4, 0.5) is 5.69 Å². The van der Waals surface area contributed by atoms with Gasteiger partial charge in [0.1, 0.15) is 6.54 Å². The molecule has 2 amide bonds. The van der Waals surface area contributed by atoms with Gasteiger partial charge in [-0.1, -0.05) is 42.5 Å². The normalized spacial score (nSPS) is 13.4. The summed E-state index contributed by atoms with van der Waals surface area (Å²) in [5.74, 6) is 0.277. The van der Waals surface area contributed by atoms with E-state index in [0.29, 0.717) is 12.3 Å². The van der Waals surface area contributed by atoms with Gasteiger partial charge in [0.25, 0.3) is 0 Å². The first-order chi connectivity index (χ1) is 12.2. The van der Waals surface area contributed by atoms with Crippen molar-refractivity contribution in [3.8, 4) is 0 Å². The molecule has 25 heavy (non-hydrogen) atoms. The van der Waals surface area contributed by atoms with Gasteiger partial charge in [0.2, 0.25) is 11.8 Å². The summed E-state index contributed by atoms with van der Waals surface area (Å²) in [6.07, 6.45) is 2.99. The predicted molar refractivity (Wildman–Crippen MR) is 102 cm³/mol. The van der Waals surface area contributed by atoms with E-state index < -0.39 is 0 Å². The standard InChI is InChI=1S/C20H22N2O2S/c23-19(21-13-7-6-10-16-8-2-1-3-9-16)14-22-17-11-4-5-12-18(17)25-15-20(22)24/h1-5,8-9,11-12H,6-7,10,13-15H2,(H,21,23). The molecule has 1 heterocycles. The van der Waals surface area contributed by atoms with Crippen LogP contribution < -0.4 is 10.2 Å². The van der Waals surface area contributed by atoms with Crippen molar-refractivity contribution in [1.82, 2.24) is 5.32 Å². The van der Waals surface area contributed by atoms with Crippen LogP contribution in [0.15, 0.2) is 59.5 Å². The maximum Gasteiger partial charge on any atom is 0.240 e. The minimum atomic E-state index is -0.102. The summed E-state index contributed by atoms with van der Waals surface area (Å²) in [5.41, 5.74) is 2.16. The lowest BCUT2D eigenvalue weighted by Crippen LogP contribution is -2.43. The van der Waals surface area contributed by atoms with Gasteiger partial charge in [0, 0.05) is 11.4 Å². The first-order valence-electron chi connectivity index (χ1n) is 8.57. The third-order valence-corrected chi connectivity index (χ3v) is 5.21.